The first kappa shape index (κ1) is 16.4. The lowest BCUT2D eigenvalue weighted by atomic mass is 10.1. The number of hydrogen-bond acceptors (Lipinski definition) is 3. The number of fused-ring (bicyclic) bond motifs is 1. The molecule has 2 aliphatic heterocycles. The first-order valence-electron chi connectivity index (χ1n) is 8.71. The van der Waals surface area contributed by atoms with E-state index < -0.39 is 0 Å². The SMILES string of the molecule is O=C1Cc2cc(CC(=O)N3CCN(C(=O)c4cc[nH]c4)CC3)ccc2N1. The molecule has 1 saturated heterocycles. The standard InChI is InChI=1S/C19H20N4O3/c24-17-11-15-9-13(1-2-16(15)21-17)10-18(25)22-5-7-23(8-6-22)19(26)14-3-4-20-12-14/h1-4,9,12,20H,5-8,10-11H2,(H,21,24). The third kappa shape index (κ3) is 3.20. The number of nitrogens with zero attached hydrogens (tertiary/aromatic N) is 2. The van der Waals surface area contributed by atoms with E-state index in [1.54, 1.807) is 28.3 Å². The minimum atomic E-state index is -0.00770. The van der Waals surface area contributed by atoms with E-state index in [4.69, 9.17) is 0 Å². The second-order valence-corrected chi connectivity index (χ2v) is 6.67. The average molecular weight is 352 g/mol. The number of aromatic amines is 1. The molecule has 1 aromatic heterocycles. The van der Waals surface area contributed by atoms with Gasteiger partial charge in [-0.3, -0.25) is 14.4 Å². The van der Waals surface area contributed by atoms with Gasteiger partial charge in [0.1, 0.15) is 0 Å². The summed E-state index contributed by atoms with van der Waals surface area (Å²) in [4.78, 5) is 42.8. The fraction of sp³-hybridized carbons (Fsp3) is 0.316. The van der Waals surface area contributed by atoms with Gasteiger partial charge in [-0.2, -0.15) is 0 Å². The normalized spacial score (nSPS) is 16.4. The Morgan fingerprint density at radius 2 is 1.81 bits per heavy atom. The Labute approximate surface area is 151 Å². The number of H-pyrrole nitrogens is 1. The second-order valence-electron chi connectivity index (χ2n) is 6.67. The van der Waals surface area contributed by atoms with E-state index in [0.29, 0.717) is 44.6 Å². The van der Waals surface area contributed by atoms with Crippen molar-refractivity contribution in [3.05, 3.63) is 53.3 Å². The molecule has 134 valence electrons. The van der Waals surface area contributed by atoms with Gasteiger partial charge in [0.15, 0.2) is 0 Å². The van der Waals surface area contributed by atoms with Gasteiger partial charge in [-0.05, 0) is 23.3 Å². The van der Waals surface area contributed by atoms with Crippen LogP contribution in [0.25, 0.3) is 0 Å². The molecule has 3 heterocycles. The summed E-state index contributed by atoms with van der Waals surface area (Å²) in [5.74, 6) is 0.0387. The van der Waals surface area contributed by atoms with Crippen molar-refractivity contribution in [3.8, 4) is 0 Å². The second kappa shape index (κ2) is 6.67. The summed E-state index contributed by atoms with van der Waals surface area (Å²) in [5, 5.41) is 2.79. The zero-order valence-electron chi connectivity index (χ0n) is 14.3. The maximum absolute atomic E-state index is 12.6. The number of hydrogen-bond donors (Lipinski definition) is 2. The van der Waals surface area contributed by atoms with Gasteiger partial charge in [0.05, 0.1) is 18.4 Å². The van der Waals surface area contributed by atoms with E-state index in [1.807, 2.05) is 18.2 Å². The minimum absolute atomic E-state index is 0.00543. The lowest BCUT2D eigenvalue weighted by Crippen LogP contribution is -2.50. The van der Waals surface area contributed by atoms with E-state index >= 15 is 0 Å². The van der Waals surface area contributed by atoms with Gasteiger partial charge < -0.3 is 20.1 Å². The third-order valence-corrected chi connectivity index (χ3v) is 4.91. The highest BCUT2D eigenvalue weighted by atomic mass is 16.2. The molecule has 4 rings (SSSR count). The third-order valence-electron chi connectivity index (χ3n) is 4.91. The van der Waals surface area contributed by atoms with Crippen LogP contribution in [0.2, 0.25) is 0 Å². The zero-order valence-corrected chi connectivity index (χ0v) is 14.3. The Hall–Kier alpha value is -3.09. The van der Waals surface area contributed by atoms with Crippen LogP contribution >= 0.6 is 0 Å². The van der Waals surface area contributed by atoms with E-state index in [2.05, 4.69) is 10.3 Å². The largest absolute Gasteiger partial charge is 0.367 e. The van der Waals surface area contributed by atoms with Crippen molar-refractivity contribution >= 4 is 23.4 Å². The molecule has 1 aromatic carbocycles. The van der Waals surface area contributed by atoms with Crippen molar-refractivity contribution in [2.75, 3.05) is 31.5 Å². The maximum Gasteiger partial charge on any atom is 0.255 e. The highest BCUT2D eigenvalue weighted by Gasteiger charge is 2.25. The molecule has 7 heteroatoms. The molecular formula is C19H20N4O3. The van der Waals surface area contributed by atoms with Gasteiger partial charge in [-0.15, -0.1) is 0 Å². The van der Waals surface area contributed by atoms with Crippen molar-refractivity contribution in [3.63, 3.8) is 0 Å². The molecule has 3 amide bonds. The number of aromatic nitrogens is 1. The maximum atomic E-state index is 12.6. The highest BCUT2D eigenvalue weighted by molar-refractivity contribution is 5.99. The number of amides is 3. The molecule has 0 saturated carbocycles. The number of carbonyl (C=O) groups excluding carboxylic acids is 3. The Kier molecular flexibility index (Phi) is 4.20. The van der Waals surface area contributed by atoms with Crippen molar-refractivity contribution in [2.24, 2.45) is 0 Å². The lowest BCUT2D eigenvalue weighted by molar-refractivity contribution is -0.131. The summed E-state index contributed by atoms with van der Waals surface area (Å²) in [7, 11) is 0. The van der Waals surface area contributed by atoms with E-state index in [0.717, 1.165) is 16.8 Å². The van der Waals surface area contributed by atoms with Crippen LogP contribution in [-0.2, 0) is 22.4 Å². The number of rotatable bonds is 3. The fourth-order valence-electron chi connectivity index (χ4n) is 3.48. The molecule has 0 spiro atoms. The Balaban J connectivity index is 1.33. The molecular weight excluding hydrogens is 332 g/mol. The first-order chi connectivity index (χ1) is 12.6. The highest BCUT2D eigenvalue weighted by Crippen LogP contribution is 2.24. The zero-order chi connectivity index (χ0) is 18.1. The number of benzene rings is 1. The summed E-state index contributed by atoms with van der Waals surface area (Å²) >= 11 is 0. The van der Waals surface area contributed by atoms with Gasteiger partial charge >= 0.3 is 0 Å². The van der Waals surface area contributed by atoms with Crippen LogP contribution in [0.1, 0.15) is 21.5 Å². The molecule has 0 bridgehead atoms. The predicted molar refractivity (Wildman–Crippen MR) is 95.8 cm³/mol. The lowest BCUT2D eigenvalue weighted by Gasteiger charge is -2.34. The summed E-state index contributed by atoms with van der Waals surface area (Å²) in [6.07, 6.45) is 4.10. The molecule has 0 radical (unpaired) electrons. The molecule has 2 aliphatic rings. The predicted octanol–water partition coefficient (Wildman–Crippen LogP) is 1.04. The molecule has 0 atom stereocenters. The summed E-state index contributed by atoms with van der Waals surface area (Å²) in [6, 6.07) is 7.43. The Bertz CT molecular complexity index is 852. The molecule has 1 fully saturated rings. The van der Waals surface area contributed by atoms with Crippen molar-refractivity contribution in [2.45, 2.75) is 12.8 Å². The monoisotopic (exact) mass is 352 g/mol. The molecule has 2 aromatic rings. The first-order valence-corrected chi connectivity index (χ1v) is 8.71. The molecule has 0 unspecified atom stereocenters. The topological polar surface area (TPSA) is 85.5 Å². The van der Waals surface area contributed by atoms with Gasteiger partial charge in [0, 0.05) is 44.3 Å². The minimum Gasteiger partial charge on any atom is -0.367 e. The summed E-state index contributed by atoms with van der Waals surface area (Å²) in [5.41, 5.74) is 3.34. The molecule has 2 N–H and O–H groups in total. The van der Waals surface area contributed by atoms with Crippen LogP contribution in [0.4, 0.5) is 5.69 Å². The Morgan fingerprint density at radius 3 is 2.54 bits per heavy atom. The molecule has 0 aliphatic carbocycles. The fourth-order valence-corrected chi connectivity index (χ4v) is 3.48. The van der Waals surface area contributed by atoms with Crippen molar-refractivity contribution in [1.82, 2.24) is 14.8 Å². The van der Waals surface area contributed by atoms with Crippen molar-refractivity contribution < 1.29 is 14.4 Å². The smallest absolute Gasteiger partial charge is 0.255 e. The number of carbonyl (C=O) groups is 3. The van der Waals surface area contributed by atoms with Crippen LogP contribution < -0.4 is 5.32 Å². The summed E-state index contributed by atoms with van der Waals surface area (Å²) < 4.78 is 0. The van der Waals surface area contributed by atoms with Crippen LogP contribution in [0, 0.1) is 0 Å². The average Bonchev–Trinajstić information content (AvgIpc) is 3.29. The van der Waals surface area contributed by atoms with Crippen LogP contribution in [-0.4, -0.2) is 58.7 Å². The molecule has 26 heavy (non-hydrogen) atoms. The van der Waals surface area contributed by atoms with E-state index in [9.17, 15) is 14.4 Å². The number of anilines is 1. The number of nitrogens with one attached hydrogen (secondary N) is 2. The van der Waals surface area contributed by atoms with E-state index in [-0.39, 0.29) is 17.7 Å². The van der Waals surface area contributed by atoms with Crippen LogP contribution in [0.15, 0.2) is 36.7 Å². The molecule has 7 nitrogen and oxygen atoms in total. The van der Waals surface area contributed by atoms with Gasteiger partial charge in [-0.25, -0.2) is 0 Å². The van der Waals surface area contributed by atoms with Gasteiger partial charge in [-0.1, -0.05) is 12.1 Å². The van der Waals surface area contributed by atoms with Gasteiger partial charge in [0.25, 0.3) is 5.91 Å². The summed E-state index contributed by atoms with van der Waals surface area (Å²) in [6.45, 7) is 2.16. The Morgan fingerprint density at radius 1 is 1.04 bits per heavy atom. The van der Waals surface area contributed by atoms with Crippen molar-refractivity contribution in [1.29, 1.82) is 0 Å². The quantitative estimate of drug-likeness (QED) is 0.865. The van der Waals surface area contributed by atoms with E-state index in [1.165, 1.54) is 0 Å². The van der Waals surface area contributed by atoms with Gasteiger partial charge in [0.2, 0.25) is 11.8 Å². The van der Waals surface area contributed by atoms with Crippen LogP contribution in [0.5, 0.6) is 0 Å². The number of piperazine rings is 1. The van der Waals surface area contributed by atoms with Crippen LogP contribution in [0.3, 0.4) is 0 Å².